The van der Waals surface area contributed by atoms with E-state index in [0.29, 0.717) is 29.6 Å². The first-order chi connectivity index (χ1) is 8.37. The van der Waals surface area contributed by atoms with Gasteiger partial charge in [-0.15, -0.1) is 0 Å². The molecule has 1 aromatic heterocycles. The highest BCUT2D eigenvalue weighted by Crippen LogP contribution is 2.23. The molecule has 2 heterocycles. The topological polar surface area (TPSA) is 72.0 Å². The first kappa shape index (κ1) is 13.5. The summed E-state index contributed by atoms with van der Waals surface area (Å²) in [5.41, 5.74) is 0.802. The lowest BCUT2D eigenvalue weighted by molar-refractivity contribution is 0.558. The Morgan fingerprint density at radius 2 is 1.83 bits per heavy atom. The fraction of sp³-hybridized carbons (Fsp3) is 0.636. The molecule has 2 rings (SSSR count). The van der Waals surface area contributed by atoms with Crippen molar-refractivity contribution in [2.75, 3.05) is 16.8 Å². The molecular weight excluding hydrogens is 274 g/mol. The van der Waals surface area contributed by atoms with E-state index in [2.05, 4.69) is 15.3 Å². The van der Waals surface area contributed by atoms with E-state index < -0.39 is 9.84 Å². The highest BCUT2D eigenvalue weighted by Gasteiger charge is 2.24. The number of halogens is 1. The smallest absolute Gasteiger partial charge is 0.150 e. The number of aromatic nitrogens is 2. The molecule has 18 heavy (non-hydrogen) atoms. The Morgan fingerprint density at radius 1 is 1.22 bits per heavy atom. The number of rotatable bonds is 2. The summed E-state index contributed by atoms with van der Waals surface area (Å²) >= 11 is 6.00. The third kappa shape index (κ3) is 3.11. The molecule has 5 nitrogen and oxygen atoms in total. The van der Waals surface area contributed by atoms with Crippen molar-refractivity contribution >= 4 is 27.3 Å². The van der Waals surface area contributed by atoms with Crippen LogP contribution in [0.5, 0.6) is 0 Å². The SMILES string of the molecule is Cc1nc(Cl)c(C)c(NC2CCS(=O)(=O)CC2)n1. The summed E-state index contributed by atoms with van der Waals surface area (Å²) in [6.45, 7) is 3.63. The Labute approximate surface area is 112 Å². The number of nitrogens with one attached hydrogen (secondary N) is 1. The van der Waals surface area contributed by atoms with E-state index in [1.807, 2.05) is 6.92 Å². The van der Waals surface area contributed by atoms with Gasteiger partial charge in [0.15, 0.2) is 0 Å². The lowest BCUT2D eigenvalue weighted by Gasteiger charge is -2.24. The predicted octanol–water partition coefficient (Wildman–Crippen LogP) is 1.74. The van der Waals surface area contributed by atoms with E-state index in [0.717, 1.165) is 5.56 Å². The summed E-state index contributed by atoms with van der Waals surface area (Å²) in [5.74, 6) is 1.79. The van der Waals surface area contributed by atoms with Crippen LogP contribution in [0, 0.1) is 13.8 Å². The first-order valence-corrected chi connectivity index (χ1v) is 8.05. The van der Waals surface area contributed by atoms with Crippen molar-refractivity contribution in [3.63, 3.8) is 0 Å². The van der Waals surface area contributed by atoms with Crippen molar-refractivity contribution in [3.05, 3.63) is 16.5 Å². The van der Waals surface area contributed by atoms with E-state index in [-0.39, 0.29) is 17.5 Å². The number of aryl methyl sites for hydroxylation is 1. The lowest BCUT2D eigenvalue weighted by Crippen LogP contribution is -2.32. The molecule has 0 radical (unpaired) electrons. The van der Waals surface area contributed by atoms with Crippen LogP contribution in [-0.4, -0.2) is 35.9 Å². The highest BCUT2D eigenvalue weighted by atomic mass is 35.5. The summed E-state index contributed by atoms with van der Waals surface area (Å²) in [6.07, 6.45) is 1.23. The Kier molecular flexibility index (Phi) is 3.77. The maximum Gasteiger partial charge on any atom is 0.150 e. The monoisotopic (exact) mass is 289 g/mol. The van der Waals surface area contributed by atoms with E-state index >= 15 is 0 Å². The Bertz CT molecular complexity index is 546. The molecule has 1 saturated heterocycles. The average molecular weight is 290 g/mol. The predicted molar refractivity (Wildman–Crippen MR) is 71.8 cm³/mol. The van der Waals surface area contributed by atoms with Crippen LogP contribution >= 0.6 is 11.6 Å². The van der Waals surface area contributed by atoms with Crippen LogP contribution in [0.1, 0.15) is 24.2 Å². The second-order valence-corrected chi connectivity index (χ2v) is 7.27. The zero-order valence-electron chi connectivity index (χ0n) is 10.4. The fourth-order valence-electron chi connectivity index (χ4n) is 1.96. The average Bonchev–Trinajstić information content (AvgIpc) is 2.28. The standard InChI is InChI=1S/C11H16ClN3O2S/c1-7-10(12)13-8(2)14-11(7)15-9-3-5-18(16,17)6-4-9/h9H,3-6H2,1-2H3,(H,13,14,15). The highest BCUT2D eigenvalue weighted by molar-refractivity contribution is 7.91. The van der Waals surface area contributed by atoms with Gasteiger partial charge in [-0.25, -0.2) is 18.4 Å². The molecule has 7 heteroatoms. The van der Waals surface area contributed by atoms with Crippen LogP contribution in [0.4, 0.5) is 5.82 Å². The molecule has 1 aliphatic heterocycles. The van der Waals surface area contributed by atoms with Crippen molar-refractivity contribution < 1.29 is 8.42 Å². The number of hydrogen-bond donors (Lipinski definition) is 1. The second kappa shape index (κ2) is 5.01. The van der Waals surface area contributed by atoms with Gasteiger partial charge in [0.05, 0.1) is 11.5 Å². The molecule has 0 spiro atoms. The van der Waals surface area contributed by atoms with Gasteiger partial charge in [-0.2, -0.15) is 0 Å². The first-order valence-electron chi connectivity index (χ1n) is 5.85. The van der Waals surface area contributed by atoms with Gasteiger partial charge in [0.2, 0.25) is 0 Å². The number of anilines is 1. The van der Waals surface area contributed by atoms with Crippen LogP contribution in [-0.2, 0) is 9.84 Å². The van der Waals surface area contributed by atoms with Crippen LogP contribution in [0.2, 0.25) is 5.15 Å². The minimum Gasteiger partial charge on any atom is -0.367 e. The van der Waals surface area contributed by atoms with Crippen molar-refractivity contribution in [3.8, 4) is 0 Å². The summed E-state index contributed by atoms with van der Waals surface area (Å²) in [7, 11) is -2.83. The van der Waals surface area contributed by atoms with Crippen LogP contribution in [0.25, 0.3) is 0 Å². The number of nitrogens with zero attached hydrogens (tertiary/aromatic N) is 2. The third-order valence-corrected chi connectivity index (χ3v) is 5.18. The van der Waals surface area contributed by atoms with E-state index in [4.69, 9.17) is 11.6 Å². The van der Waals surface area contributed by atoms with E-state index in [1.165, 1.54) is 0 Å². The molecule has 0 amide bonds. The molecule has 1 N–H and O–H groups in total. The molecule has 1 aromatic rings. The summed E-state index contributed by atoms with van der Waals surface area (Å²) < 4.78 is 22.7. The molecular formula is C11H16ClN3O2S. The van der Waals surface area contributed by atoms with Crippen molar-refractivity contribution in [1.82, 2.24) is 9.97 Å². The largest absolute Gasteiger partial charge is 0.367 e. The molecule has 0 aromatic carbocycles. The van der Waals surface area contributed by atoms with E-state index in [9.17, 15) is 8.42 Å². The summed E-state index contributed by atoms with van der Waals surface area (Å²) in [4.78, 5) is 8.38. The zero-order chi connectivity index (χ0) is 13.3. The molecule has 0 bridgehead atoms. The Morgan fingerprint density at radius 3 is 2.44 bits per heavy atom. The van der Waals surface area contributed by atoms with Crippen molar-refractivity contribution in [2.24, 2.45) is 0 Å². The van der Waals surface area contributed by atoms with Gasteiger partial charge in [0.1, 0.15) is 26.6 Å². The molecule has 0 saturated carbocycles. The van der Waals surface area contributed by atoms with Crippen LogP contribution < -0.4 is 5.32 Å². The molecule has 0 atom stereocenters. The van der Waals surface area contributed by atoms with Crippen molar-refractivity contribution in [2.45, 2.75) is 32.7 Å². The molecule has 0 unspecified atom stereocenters. The quantitative estimate of drug-likeness (QED) is 0.840. The molecule has 100 valence electrons. The minimum atomic E-state index is -2.83. The summed E-state index contributed by atoms with van der Waals surface area (Å²) in [6, 6.07) is 0.137. The zero-order valence-corrected chi connectivity index (χ0v) is 12.0. The number of hydrogen-bond acceptors (Lipinski definition) is 5. The van der Waals surface area contributed by atoms with Crippen LogP contribution in [0.3, 0.4) is 0 Å². The van der Waals surface area contributed by atoms with Gasteiger partial charge < -0.3 is 5.32 Å². The van der Waals surface area contributed by atoms with Crippen LogP contribution in [0.15, 0.2) is 0 Å². The molecule has 0 aliphatic carbocycles. The minimum absolute atomic E-state index is 0.137. The third-order valence-electron chi connectivity index (χ3n) is 3.09. The van der Waals surface area contributed by atoms with Gasteiger partial charge in [-0.1, -0.05) is 11.6 Å². The van der Waals surface area contributed by atoms with Gasteiger partial charge >= 0.3 is 0 Å². The van der Waals surface area contributed by atoms with Gasteiger partial charge in [-0.05, 0) is 26.7 Å². The normalized spacial score (nSPS) is 19.7. The molecule has 1 aliphatic rings. The lowest BCUT2D eigenvalue weighted by atomic mass is 10.1. The van der Waals surface area contributed by atoms with E-state index in [1.54, 1.807) is 6.92 Å². The Balaban J connectivity index is 2.11. The second-order valence-electron chi connectivity index (χ2n) is 4.61. The van der Waals surface area contributed by atoms with Gasteiger partial charge in [0, 0.05) is 11.6 Å². The van der Waals surface area contributed by atoms with Gasteiger partial charge in [-0.3, -0.25) is 0 Å². The Hall–Kier alpha value is -0.880. The molecule has 1 fully saturated rings. The number of sulfone groups is 1. The maximum absolute atomic E-state index is 11.3. The maximum atomic E-state index is 11.3. The fourth-order valence-corrected chi connectivity index (χ4v) is 3.67. The summed E-state index contributed by atoms with van der Waals surface area (Å²) in [5, 5.41) is 3.71. The van der Waals surface area contributed by atoms with Gasteiger partial charge in [0.25, 0.3) is 0 Å². The van der Waals surface area contributed by atoms with Crippen molar-refractivity contribution in [1.29, 1.82) is 0 Å².